The SMILES string of the molecule is C=C(NCC)c1ccc(C2=CC3(CCNCC3)Oc3cc(C)cc(O)c32)cc1. The molecule has 2 aliphatic rings. The largest absolute Gasteiger partial charge is 0.507 e. The molecule has 2 aromatic carbocycles. The van der Waals surface area contributed by atoms with Crippen molar-refractivity contribution in [1.29, 1.82) is 0 Å². The van der Waals surface area contributed by atoms with Crippen LogP contribution in [0, 0.1) is 6.92 Å². The molecule has 0 radical (unpaired) electrons. The van der Waals surface area contributed by atoms with Gasteiger partial charge in [0.2, 0.25) is 0 Å². The molecule has 2 aromatic rings. The number of piperidine rings is 1. The molecule has 1 saturated heterocycles. The second-order valence-corrected chi connectivity index (χ2v) is 7.72. The van der Waals surface area contributed by atoms with Crippen LogP contribution in [0.1, 0.15) is 42.0 Å². The Labute approximate surface area is 166 Å². The zero-order valence-electron chi connectivity index (χ0n) is 16.6. The van der Waals surface area contributed by atoms with Gasteiger partial charge in [-0.25, -0.2) is 0 Å². The maximum absolute atomic E-state index is 10.7. The average molecular weight is 377 g/mol. The summed E-state index contributed by atoms with van der Waals surface area (Å²) < 4.78 is 6.47. The summed E-state index contributed by atoms with van der Waals surface area (Å²) in [6, 6.07) is 12.2. The maximum atomic E-state index is 10.7. The molecule has 0 unspecified atom stereocenters. The summed E-state index contributed by atoms with van der Waals surface area (Å²) in [5.74, 6) is 1.05. The molecule has 0 bridgehead atoms. The fourth-order valence-electron chi connectivity index (χ4n) is 4.16. The van der Waals surface area contributed by atoms with Crippen molar-refractivity contribution in [2.45, 2.75) is 32.3 Å². The smallest absolute Gasteiger partial charge is 0.132 e. The van der Waals surface area contributed by atoms with Crippen LogP contribution in [0.4, 0.5) is 0 Å². The van der Waals surface area contributed by atoms with E-state index in [9.17, 15) is 5.11 Å². The number of aromatic hydroxyl groups is 1. The zero-order valence-corrected chi connectivity index (χ0v) is 16.6. The Morgan fingerprint density at radius 2 is 1.93 bits per heavy atom. The first-order valence-corrected chi connectivity index (χ1v) is 10.0. The van der Waals surface area contributed by atoms with Crippen LogP contribution in [0.25, 0.3) is 11.3 Å². The maximum Gasteiger partial charge on any atom is 0.132 e. The summed E-state index contributed by atoms with van der Waals surface area (Å²) >= 11 is 0. The second-order valence-electron chi connectivity index (χ2n) is 7.72. The molecule has 28 heavy (non-hydrogen) atoms. The number of rotatable bonds is 4. The van der Waals surface area contributed by atoms with Crippen molar-refractivity contribution in [2.75, 3.05) is 19.6 Å². The van der Waals surface area contributed by atoms with Gasteiger partial charge >= 0.3 is 0 Å². The van der Waals surface area contributed by atoms with E-state index in [1.165, 1.54) is 0 Å². The van der Waals surface area contributed by atoms with E-state index in [2.05, 4.69) is 54.5 Å². The van der Waals surface area contributed by atoms with Crippen molar-refractivity contribution >= 4 is 11.3 Å². The Balaban J connectivity index is 1.80. The number of ether oxygens (including phenoxy) is 1. The van der Waals surface area contributed by atoms with Crippen molar-refractivity contribution in [3.8, 4) is 11.5 Å². The summed E-state index contributed by atoms with van der Waals surface area (Å²) in [4.78, 5) is 0. The van der Waals surface area contributed by atoms with Gasteiger partial charge < -0.3 is 20.5 Å². The lowest BCUT2D eigenvalue weighted by Gasteiger charge is -2.40. The van der Waals surface area contributed by atoms with Crippen molar-refractivity contribution in [1.82, 2.24) is 10.6 Å². The number of fused-ring (bicyclic) bond motifs is 1. The molecule has 4 rings (SSSR count). The van der Waals surface area contributed by atoms with Crippen LogP contribution < -0.4 is 15.4 Å². The van der Waals surface area contributed by atoms with Crippen LogP contribution in [0.5, 0.6) is 11.5 Å². The highest BCUT2D eigenvalue weighted by atomic mass is 16.5. The van der Waals surface area contributed by atoms with Crippen LogP contribution >= 0.6 is 0 Å². The number of hydrogen-bond acceptors (Lipinski definition) is 4. The number of nitrogens with one attached hydrogen (secondary N) is 2. The van der Waals surface area contributed by atoms with E-state index < -0.39 is 0 Å². The third kappa shape index (κ3) is 3.40. The Hall–Kier alpha value is -2.72. The molecule has 0 amide bonds. The van der Waals surface area contributed by atoms with Gasteiger partial charge in [0.05, 0.1) is 5.56 Å². The standard InChI is InChI=1S/C24H28N2O2/c1-4-26-17(3)18-5-7-19(8-6-18)20-15-24(9-11-25-12-10-24)28-22-14-16(2)13-21(27)23(20)22/h5-8,13-15,25-27H,3-4,9-12H2,1-2H3. The Morgan fingerprint density at radius 1 is 1.21 bits per heavy atom. The lowest BCUT2D eigenvalue weighted by molar-refractivity contribution is 0.0812. The Morgan fingerprint density at radius 3 is 2.61 bits per heavy atom. The van der Waals surface area contributed by atoms with Gasteiger partial charge in [0.1, 0.15) is 17.1 Å². The van der Waals surface area contributed by atoms with Gasteiger partial charge in [-0.3, -0.25) is 0 Å². The fraction of sp³-hybridized carbons (Fsp3) is 0.333. The summed E-state index contributed by atoms with van der Waals surface area (Å²) in [6.07, 6.45) is 4.05. The normalized spacial score (nSPS) is 17.4. The molecule has 0 saturated carbocycles. The van der Waals surface area contributed by atoms with E-state index >= 15 is 0 Å². The van der Waals surface area contributed by atoms with Crippen molar-refractivity contribution in [2.24, 2.45) is 0 Å². The van der Waals surface area contributed by atoms with Crippen molar-refractivity contribution in [3.05, 3.63) is 71.3 Å². The molecule has 3 N–H and O–H groups in total. The first kappa shape index (κ1) is 18.6. The minimum absolute atomic E-state index is 0.270. The first-order chi connectivity index (χ1) is 13.5. The summed E-state index contributed by atoms with van der Waals surface area (Å²) in [7, 11) is 0. The quantitative estimate of drug-likeness (QED) is 0.748. The van der Waals surface area contributed by atoms with E-state index in [-0.39, 0.29) is 11.4 Å². The Bertz CT molecular complexity index is 922. The third-order valence-electron chi connectivity index (χ3n) is 5.60. The molecular weight excluding hydrogens is 348 g/mol. The number of phenolic OH excluding ortho intramolecular Hbond substituents is 1. The number of aryl methyl sites for hydroxylation is 1. The molecule has 4 heteroatoms. The number of phenols is 1. The van der Waals surface area contributed by atoms with Crippen LogP contribution in [0.2, 0.25) is 0 Å². The van der Waals surface area contributed by atoms with Crippen LogP contribution in [0.3, 0.4) is 0 Å². The fourth-order valence-corrected chi connectivity index (χ4v) is 4.16. The molecule has 1 fully saturated rings. The number of benzene rings is 2. The average Bonchev–Trinajstić information content (AvgIpc) is 2.68. The van der Waals surface area contributed by atoms with Crippen LogP contribution in [0.15, 0.2) is 49.1 Å². The van der Waals surface area contributed by atoms with Gasteiger partial charge in [-0.15, -0.1) is 0 Å². The van der Waals surface area contributed by atoms with Gasteiger partial charge in [-0.05, 0) is 67.4 Å². The lowest BCUT2D eigenvalue weighted by Crippen LogP contribution is -2.46. The van der Waals surface area contributed by atoms with E-state index in [0.717, 1.165) is 71.7 Å². The highest BCUT2D eigenvalue weighted by Gasteiger charge is 2.38. The highest BCUT2D eigenvalue weighted by Crippen LogP contribution is 2.46. The molecule has 1 spiro atoms. The number of hydrogen-bond donors (Lipinski definition) is 3. The monoisotopic (exact) mass is 376 g/mol. The molecule has 0 atom stereocenters. The molecule has 146 valence electrons. The van der Waals surface area contributed by atoms with E-state index in [1.807, 2.05) is 13.0 Å². The van der Waals surface area contributed by atoms with Crippen molar-refractivity contribution < 1.29 is 9.84 Å². The predicted molar refractivity (Wildman–Crippen MR) is 115 cm³/mol. The van der Waals surface area contributed by atoms with Gasteiger partial charge in [0.15, 0.2) is 0 Å². The minimum atomic E-state index is -0.320. The van der Waals surface area contributed by atoms with Crippen LogP contribution in [-0.2, 0) is 0 Å². The topological polar surface area (TPSA) is 53.5 Å². The zero-order chi connectivity index (χ0) is 19.7. The summed E-state index contributed by atoms with van der Waals surface area (Å²) in [5, 5.41) is 17.4. The predicted octanol–water partition coefficient (Wildman–Crippen LogP) is 4.23. The minimum Gasteiger partial charge on any atom is -0.507 e. The van der Waals surface area contributed by atoms with Gasteiger partial charge in [-0.2, -0.15) is 0 Å². The molecular formula is C24H28N2O2. The molecule has 2 heterocycles. The Kier molecular flexibility index (Phi) is 4.90. The first-order valence-electron chi connectivity index (χ1n) is 10.0. The van der Waals surface area contributed by atoms with Crippen LogP contribution in [-0.4, -0.2) is 30.3 Å². The molecule has 0 aliphatic carbocycles. The molecule has 4 nitrogen and oxygen atoms in total. The molecule has 0 aromatic heterocycles. The highest BCUT2D eigenvalue weighted by molar-refractivity contribution is 5.88. The van der Waals surface area contributed by atoms with E-state index in [4.69, 9.17) is 4.74 Å². The summed E-state index contributed by atoms with van der Waals surface area (Å²) in [5.41, 5.74) is 5.58. The van der Waals surface area contributed by atoms with E-state index in [1.54, 1.807) is 6.07 Å². The van der Waals surface area contributed by atoms with Gasteiger partial charge in [0, 0.05) is 25.1 Å². The lowest BCUT2D eigenvalue weighted by atomic mass is 9.82. The molecule has 2 aliphatic heterocycles. The summed E-state index contributed by atoms with van der Waals surface area (Å²) in [6.45, 7) is 10.8. The third-order valence-corrected chi connectivity index (χ3v) is 5.60. The van der Waals surface area contributed by atoms with Crippen molar-refractivity contribution in [3.63, 3.8) is 0 Å². The second kappa shape index (κ2) is 7.36. The van der Waals surface area contributed by atoms with Gasteiger partial charge in [-0.1, -0.05) is 30.8 Å². The van der Waals surface area contributed by atoms with E-state index in [0.29, 0.717) is 0 Å². The van der Waals surface area contributed by atoms with Gasteiger partial charge in [0.25, 0.3) is 0 Å².